The number of rotatable bonds is 8. The zero-order valence-corrected chi connectivity index (χ0v) is 14.3. The summed E-state index contributed by atoms with van der Waals surface area (Å²) in [4.78, 5) is 0. The van der Waals surface area contributed by atoms with Gasteiger partial charge in [0.05, 0.1) is 16.8 Å². The van der Waals surface area contributed by atoms with Gasteiger partial charge in [0.15, 0.2) is 0 Å². The fraction of sp³-hybridized carbons (Fsp3) is 0.571. The van der Waals surface area contributed by atoms with Gasteiger partial charge >= 0.3 is 0 Å². The highest BCUT2D eigenvalue weighted by Gasteiger charge is 2.11. The Balaban J connectivity index is 2.63. The molecule has 0 aliphatic rings. The Morgan fingerprint density at radius 3 is 2.70 bits per heavy atom. The Hall–Kier alpha value is -0.590. The van der Waals surface area contributed by atoms with Crippen molar-refractivity contribution in [2.45, 2.75) is 32.7 Å². The van der Waals surface area contributed by atoms with Crippen LogP contribution in [0.4, 0.5) is 0 Å². The molecule has 1 atom stereocenters. The van der Waals surface area contributed by atoms with Crippen molar-refractivity contribution in [2.24, 2.45) is 5.73 Å². The molecule has 0 bridgehead atoms. The van der Waals surface area contributed by atoms with Crippen molar-refractivity contribution in [1.29, 1.82) is 0 Å². The zero-order valence-electron chi connectivity index (χ0n) is 11.9. The number of benzene rings is 1. The van der Waals surface area contributed by atoms with Gasteiger partial charge in [-0.2, -0.15) is 0 Å². The summed E-state index contributed by atoms with van der Waals surface area (Å²) in [5.41, 5.74) is 6.86. The molecule has 0 amide bonds. The van der Waals surface area contributed by atoms with Gasteiger partial charge in [-0.05, 0) is 47.3 Å². The minimum Gasteiger partial charge on any atom is -0.492 e. The number of sulfone groups is 1. The van der Waals surface area contributed by atoms with E-state index < -0.39 is 9.84 Å². The predicted octanol–water partition coefficient (Wildman–Crippen LogP) is 2.54. The number of hydrogen-bond donors (Lipinski definition) is 1. The summed E-state index contributed by atoms with van der Waals surface area (Å²) in [6.45, 7) is 3.98. The monoisotopic (exact) mass is 363 g/mol. The van der Waals surface area contributed by atoms with Crippen molar-refractivity contribution in [3.8, 4) is 5.75 Å². The molecule has 1 unspecified atom stereocenters. The molecule has 2 N–H and O–H groups in total. The standard InChI is InChI=1S/C14H22BrNO3S/c1-3-20(17,18)9-5-8-19-14-12(10-11(2)16)6-4-7-13(14)15/h4,6-7,11H,3,5,8-10,16H2,1-2H3. The Bertz CT molecular complexity index is 529. The Morgan fingerprint density at radius 1 is 1.40 bits per heavy atom. The fourth-order valence-electron chi connectivity index (χ4n) is 1.82. The van der Waals surface area contributed by atoms with E-state index in [1.165, 1.54) is 0 Å². The van der Waals surface area contributed by atoms with Crippen LogP contribution in [-0.4, -0.2) is 32.6 Å². The smallest absolute Gasteiger partial charge is 0.150 e. The highest BCUT2D eigenvalue weighted by molar-refractivity contribution is 9.10. The molecule has 1 rings (SSSR count). The molecule has 20 heavy (non-hydrogen) atoms. The van der Waals surface area contributed by atoms with Crippen LogP contribution in [-0.2, 0) is 16.3 Å². The third-order valence-corrected chi connectivity index (χ3v) is 5.29. The van der Waals surface area contributed by atoms with Crippen LogP contribution in [0.3, 0.4) is 0 Å². The lowest BCUT2D eigenvalue weighted by molar-refractivity contribution is 0.312. The average Bonchev–Trinajstić information content (AvgIpc) is 2.36. The lowest BCUT2D eigenvalue weighted by Crippen LogP contribution is -2.18. The first-order valence-corrected chi connectivity index (χ1v) is 9.33. The second-order valence-corrected chi connectivity index (χ2v) is 8.17. The van der Waals surface area contributed by atoms with Crippen molar-refractivity contribution in [3.05, 3.63) is 28.2 Å². The van der Waals surface area contributed by atoms with E-state index in [-0.39, 0.29) is 17.5 Å². The Kier molecular flexibility index (Phi) is 6.99. The maximum absolute atomic E-state index is 11.4. The number of para-hydroxylation sites is 1. The first-order valence-electron chi connectivity index (χ1n) is 6.72. The SMILES string of the molecule is CCS(=O)(=O)CCCOc1c(Br)cccc1CC(C)N. The molecule has 0 fully saturated rings. The third-order valence-electron chi connectivity index (χ3n) is 2.88. The summed E-state index contributed by atoms with van der Waals surface area (Å²) in [6.07, 6.45) is 1.22. The first-order chi connectivity index (χ1) is 9.35. The number of ether oxygens (including phenoxy) is 1. The average molecular weight is 364 g/mol. The molecule has 0 saturated carbocycles. The van der Waals surface area contributed by atoms with Crippen LogP contribution < -0.4 is 10.5 Å². The van der Waals surface area contributed by atoms with Crippen molar-refractivity contribution in [1.82, 2.24) is 0 Å². The predicted molar refractivity (Wildman–Crippen MR) is 85.9 cm³/mol. The molecule has 4 nitrogen and oxygen atoms in total. The molecule has 0 aliphatic heterocycles. The minimum absolute atomic E-state index is 0.0483. The molecule has 6 heteroatoms. The van der Waals surface area contributed by atoms with Crippen LogP contribution in [0.15, 0.2) is 22.7 Å². The topological polar surface area (TPSA) is 69.4 Å². The van der Waals surface area contributed by atoms with Crippen LogP contribution in [0.1, 0.15) is 25.8 Å². The van der Waals surface area contributed by atoms with Crippen LogP contribution in [0.5, 0.6) is 5.75 Å². The number of nitrogens with two attached hydrogens (primary N) is 1. The third kappa shape index (κ3) is 5.81. The van der Waals surface area contributed by atoms with Crippen LogP contribution in [0.25, 0.3) is 0 Å². The van der Waals surface area contributed by atoms with Crippen LogP contribution >= 0.6 is 15.9 Å². The molecule has 0 saturated heterocycles. The van der Waals surface area contributed by atoms with Crippen LogP contribution in [0, 0.1) is 0 Å². The summed E-state index contributed by atoms with van der Waals surface area (Å²) < 4.78 is 29.4. The Labute approximate surface area is 129 Å². The normalized spacial score (nSPS) is 13.2. The van der Waals surface area contributed by atoms with Gasteiger partial charge in [-0.25, -0.2) is 8.42 Å². The fourth-order valence-corrected chi connectivity index (χ4v) is 3.19. The highest BCUT2D eigenvalue weighted by Crippen LogP contribution is 2.30. The van der Waals surface area contributed by atoms with E-state index in [0.29, 0.717) is 13.0 Å². The zero-order chi connectivity index (χ0) is 15.2. The second-order valence-electron chi connectivity index (χ2n) is 4.85. The quantitative estimate of drug-likeness (QED) is 0.720. The van der Waals surface area contributed by atoms with Crippen molar-refractivity contribution in [2.75, 3.05) is 18.1 Å². The molecule has 0 spiro atoms. The van der Waals surface area contributed by atoms with E-state index in [0.717, 1.165) is 22.2 Å². The summed E-state index contributed by atoms with van der Waals surface area (Å²) in [6, 6.07) is 5.87. The summed E-state index contributed by atoms with van der Waals surface area (Å²) in [5, 5.41) is 0. The van der Waals surface area contributed by atoms with E-state index >= 15 is 0 Å². The molecular weight excluding hydrogens is 342 g/mol. The molecule has 0 heterocycles. The number of halogens is 1. The van der Waals surface area contributed by atoms with E-state index in [4.69, 9.17) is 10.5 Å². The van der Waals surface area contributed by atoms with Gasteiger partial charge in [-0.1, -0.05) is 19.1 Å². The van der Waals surface area contributed by atoms with Gasteiger partial charge in [0, 0.05) is 11.8 Å². The molecule has 0 aromatic heterocycles. The maximum atomic E-state index is 11.4. The van der Waals surface area contributed by atoms with Crippen molar-refractivity contribution < 1.29 is 13.2 Å². The molecule has 1 aromatic rings. The maximum Gasteiger partial charge on any atom is 0.150 e. The van der Waals surface area contributed by atoms with Crippen molar-refractivity contribution >= 4 is 25.8 Å². The second kappa shape index (κ2) is 8.00. The summed E-state index contributed by atoms with van der Waals surface area (Å²) in [7, 11) is -2.92. The summed E-state index contributed by atoms with van der Waals surface area (Å²) >= 11 is 3.46. The lowest BCUT2D eigenvalue weighted by atomic mass is 10.1. The number of hydrogen-bond acceptors (Lipinski definition) is 4. The van der Waals surface area contributed by atoms with E-state index in [1.807, 2.05) is 25.1 Å². The van der Waals surface area contributed by atoms with Gasteiger partial charge in [-0.3, -0.25) is 0 Å². The largest absolute Gasteiger partial charge is 0.492 e. The van der Waals surface area contributed by atoms with Gasteiger partial charge < -0.3 is 10.5 Å². The summed E-state index contributed by atoms with van der Waals surface area (Å²) in [5.74, 6) is 1.10. The van der Waals surface area contributed by atoms with Crippen LogP contribution in [0.2, 0.25) is 0 Å². The van der Waals surface area contributed by atoms with Gasteiger partial charge in [-0.15, -0.1) is 0 Å². The lowest BCUT2D eigenvalue weighted by Gasteiger charge is -2.14. The molecule has 0 aliphatic carbocycles. The molecular formula is C14H22BrNO3S. The van der Waals surface area contributed by atoms with E-state index in [1.54, 1.807) is 6.92 Å². The van der Waals surface area contributed by atoms with E-state index in [2.05, 4.69) is 15.9 Å². The van der Waals surface area contributed by atoms with Gasteiger partial charge in [0.25, 0.3) is 0 Å². The van der Waals surface area contributed by atoms with Gasteiger partial charge in [0.1, 0.15) is 15.6 Å². The molecule has 1 aromatic carbocycles. The molecule has 0 radical (unpaired) electrons. The van der Waals surface area contributed by atoms with Gasteiger partial charge in [0.2, 0.25) is 0 Å². The Morgan fingerprint density at radius 2 is 2.10 bits per heavy atom. The van der Waals surface area contributed by atoms with Crippen molar-refractivity contribution in [3.63, 3.8) is 0 Å². The first kappa shape index (κ1) is 17.5. The minimum atomic E-state index is -2.92. The highest BCUT2D eigenvalue weighted by atomic mass is 79.9. The molecule has 114 valence electrons. The van der Waals surface area contributed by atoms with E-state index in [9.17, 15) is 8.42 Å².